The van der Waals surface area contributed by atoms with Crippen LogP contribution in [0.4, 0.5) is 0 Å². The number of ether oxygens (including phenoxy) is 1. The zero-order valence-corrected chi connectivity index (χ0v) is 16.1. The summed E-state index contributed by atoms with van der Waals surface area (Å²) < 4.78 is 9.65. The molecule has 1 heterocycles. The van der Waals surface area contributed by atoms with E-state index in [4.69, 9.17) is 4.74 Å². The number of nitrogens with one attached hydrogen (secondary N) is 1. The summed E-state index contributed by atoms with van der Waals surface area (Å²) in [4.78, 5) is 0. The lowest BCUT2D eigenvalue weighted by Crippen LogP contribution is -2.26. The zero-order valence-electron chi connectivity index (χ0n) is 12.4. The van der Waals surface area contributed by atoms with E-state index in [1.54, 1.807) is 13.3 Å². The Labute approximate surface area is 147 Å². The van der Waals surface area contributed by atoms with Gasteiger partial charge in [-0.1, -0.05) is 22.9 Å². The van der Waals surface area contributed by atoms with Gasteiger partial charge in [0.2, 0.25) is 0 Å². The number of hydrogen-bond acceptors (Lipinski definition) is 3. The third kappa shape index (κ3) is 3.78. The van der Waals surface area contributed by atoms with Crippen molar-refractivity contribution in [3.05, 3.63) is 43.7 Å². The lowest BCUT2D eigenvalue weighted by atomic mass is 10.0. The van der Waals surface area contributed by atoms with Crippen molar-refractivity contribution in [1.29, 1.82) is 0 Å². The molecule has 4 nitrogen and oxygen atoms in total. The van der Waals surface area contributed by atoms with Gasteiger partial charge in [0.15, 0.2) is 5.75 Å². The van der Waals surface area contributed by atoms with Gasteiger partial charge >= 0.3 is 0 Å². The minimum Gasteiger partial charge on any atom is -0.493 e. The summed E-state index contributed by atoms with van der Waals surface area (Å²) in [6.45, 7) is 3.10. The van der Waals surface area contributed by atoms with Crippen molar-refractivity contribution in [3.8, 4) is 5.75 Å². The highest BCUT2D eigenvalue weighted by atomic mass is 127. The molecule has 114 valence electrons. The van der Waals surface area contributed by atoms with Crippen LogP contribution >= 0.6 is 38.5 Å². The molecule has 21 heavy (non-hydrogen) atoms. The molecule has 0 spiro atoms. The van der Waals surface area contributed by atoms with Crippen LogP contribution in [0.5, 0.6) is 5.75 Å². The number of rotatable bonds is 6. The van der Waals surface area contributed by atoms with Gasteiger partial charge < -0.3 is 10.1 Å². The van der Waals surface area contributed by atoms with Crippen LogP contribution in [0.3, 0.4) is 0 Å². The molecule has 0 aliphatic heterocycles. The van der Waals surface area contributed by atoms with E-state index < -0.39 is 0 Å². The Morgan fingerprint density at radius 1 is 1.48 bits per heavy atom. The first kappa shape index (κ1) is 16.8. The van der Waals surface area contributed by atoms with Gasteiger partial charge in [0, 0.05) is 15.1 Å². The van der Waals surface area contributed by atoms with Gasteiger partial charge in [-0.05, 0) is 59.3 Å². The Bertz CT molecular complexity index is 615. The maximum Gasteiger partial charge on any atom is 0.161 e. The van der Waals surface area contributed by atoms with E-state index in [1.165, 1.54) is 9.13 Å². The molecule has 6 heteroatoms. The molecule has 0 bridgehead atoms. The van der Waals surface area contributed by atoms with E-state index in [0.717, 1.165) is 28.9 Å². The lowest BCUT2D eigenvalue weighted by Gasteiger charge is -2.22. The Morgan fingerprint density at radius 3 is 2.90 bits per heavy atom. The number of methoxy groups -OCH3 is 1. The van der Waals surface area contributed by atoms with Crippen LogP contribution in [0.25, 0.3) is 0 Å². The number of benzene rings is 1. The molecule has 1 atom stereocenters. The van der Waals surface area contributed by atoms with Crippen molar-refractivity contribution in [3.63, 3.8) is 0 Å². The van der Waals surface area contributed by atoms with Crippen molar-refractivity contribution in [1.82, 2.24) is 15.1 Å². The summed E-state index contributed by atoms with van der Waals surface area (Å²) in [5, 5.41) is 7.94. The first-order chi connectivity index (χ1) is 10.1. The van der Waals surface area contributed by atoms with Gasteiger partial charge in [-0.25, -0.2) is 0 Å². The van der Waals surface area contributed by atoms with Crippen LogP contribution in [0.15, 0.2) is 28.9 Å². The molecule has 0 aliphatic carbocycles. The van der Waals surface area contributed by atoms with Gasteiger partial charge in [0.1, 0.15) is 5.69 Å². The van der Waals surface area contributed by atoms with Gasteiger partial charge in [-0.2, -0.15) is 5.10 Å². The highest BCUT2D eigenvalue weighted by Gasteiger charge is 2.24. The molecule has 0 saturated heterocycles. The maximum atomic E-state index is 5.48. The topological polar surface area (TPSA) is 39.1 Å². The smallest absolute Gasteiger partial charge is 0.161 e. The lowest BCUT2D eigenvalue weighted by molar-refractivity contribution is 0.400. The average Bonchev–Trinajstić information content (AvgIpc) is 2.84. The first-order valence-electron chi connectivity index (χ1n) is 6.82. The summed E-state index contributed by atoms with van der Waals surface area (Å²) in [6, 6.07) is 6.38. The third-order valence-corrected chi connectivity index (χ3v) is 4.79. The molecule has 0 radical (unpaired) electrons. The molecule has 1 aromatic heterocycles. The second-order valence-electron chi connectivity index (χ2n) is 4.77. The predicted octanol–water partition coefficient (Wildman–Crippen LogP) is 3.88. The van der Waals surface area contributed by atoms with Gasteiger partial charge in [0.25, 0.3) is 0 Å². The van der Waals surface area contributed by atoms with E-state index in [9.17, 15) is 0 Å². The fourth-order valence-corrected chi connectivity index (χ4v) is 3.32. The van der Waals surface area contributed by atoms with Crippen LogP contribution in [0, 0.1) is 3.57 Å². The standard InChI is InChI=1S/C15H19BrIN3O/c1-4-7-18-14(11-8-10(16)5-6-12(11)17)15-13(21-3)9-19-20(15)2/h5-6,8-9,14,18H,4,7H2,1-3H3. The van der Waals surface area contributed by atoms with Crippen molar-refractivity contribution < 1.29 is 4.74 Å². The van der Waals surface area contributed by atoms with E-state index in [2.05, 4.69) is 74.1 Å². The molecule has 0 aliphatic rings. The number of aromatic nitrogens is 2. The highest BCUT2D eigenvalue weighted by molar-refractivity contribution is 14.1. The number of hydrogen-bond donors (Lipinski definition) is 1. The summed E-state index contributed by atoms with van der Waals surface area (Å²) >= 11 is 5.94. The van der Waals surface area contributed by atoms with Crippen molar-refractivity contribution in [2.45, 2.75) is 19.4 Å². The zero-order chi connectivity index (χ0) is 15.4. The summed E-state index contributed by atoms with van der Waals surface area (Å²) in [7, 11) is 3.63. The second kappa shape index (κ2) is 7.60. The number of halogens is 2. The molecule has 0 saturated carbocycles. The fraction of sp³-hybridized carbons (Fsp3) is 0.400. The normalized spacial score (nSPS) is 12.4. The summed E-state index contributed by atoms with van der Waals surface area (Å²) in [5.74, 6) is 0.807. The van der Waals surface area contributed by atoms with E-state index in [-0.39, 0.29) is 6.04 Å². The molecule has 2 rings (SSSR count). The first-order valence-corrected chi connectivity index (χ1v) is 8.69. The summed E-state index contributed by atoms with van der Waals surface area (Å²) in [6.07, 6.45) is 2.84. The quantitative estimate of drug-likeness (QED) is 0.660. The Kier molecular flexibility index (Phi) is 6.07. The monoisotopic (exact) mass is 463 g/mol. The van der Waals surface area contributed by atoms with Crippen molar-refractivity contribution >= 4 is 38.5 Å². The van der Waals surface area contributed by atoms with E-state index in [0.29, 0.717) is 0 Å². The SMILES string of the molecule is CCCNC(c1cc(Br)ccc1I)c1c(OC)cnn1C. The molecule has 1 unspecified atom stereocenters. The van der Waals surface area contributed by atoms with Gasteiger partial charge in [-0.3, -0.25) is 4.68 Å². The molecular weight excluding hydrogens is 445 g/mol. The van der Waals surface area contributed by atoms with Crippen LogP contribution in [-0.4, -0.2) is 23.4 Å². The van der Waals surface area contributed by atoms with Gasteiger partial charge in [0.05, 0.1) is 19.3 Å². The van der Waals surface area contributed by atoms with Crippen LogP contribution in [0.2, 0.25) is 0 Å². The van der Waals surface area contributed by atoms with E-state index in [1.807, 2.05) is 11.7 Å². The molecule has 0 fully saturated rings. The Morgan fingerprint density at radius 2 is 2.24 bits per heavy atom. The molecule has 0 amide bonds. The maximum absolute atomic E-state index is 5.48. The Balaban J connectivity index is 2.52. The van der Waals surface area contributed by atoms with Crippen LogP contribution < -0.4 is 10.1 Å². The predicted molar refractivity (Wildman–Crippen MR) is 96.8 cm³/mol. The molecular formula is C15H19BrIN3O. The van der Waals surface area contributed by atoms with Crippen molar-refractivity contribution in [2.24, 2.45) is 7.05 Å². The van der Waals surface area contributed by atoms with Gasteiger partial charge in [-0.15, -0.1) is 0 Å². The van der Waals surface area contributed by atoms with E-state index >= 15 is 0 Å². The minimum absolute atomic E-state index is 0.0526. The molecule has 2 aromatic rings. The number of nitrogens with zero attached hydrogens (tertiary/aromatic N) is 2. The average molecular weight is 464 g/mol. The van der Waals surface area contributed by atoms with Crippen LogP contribution in [0.1, 0.15) is 30.6 Å². The second-order valence-corrected chi connectivity index (χ2v) is 6.85. The van der Waals surface area contributed by atoms with Crippen LogP contribution in [-0.2, 0) is 7.05 Å². The van der Waals surface area contributed by atoms with Crippen molar-refractivity contribution in [2.75, 3.05) is 13.7 Å². The molecule has 1 aromatic carbocycles. The third-order valence-electron chi connectivity index (χ3n) is 3.31. The summed E-state index contributed by atoms with van der Waals surface area (Å²) in [5.41, 5.74) is 2.27. The number of aryl methyl sites for hydroxylation is 1. The Hall–Kier alpha value is -0.600. The largest absolute Gasteiger partial charge is 0.493 e. The minimum atomic E-state index is 0.0526. The fourth-order valence-electron chi connectivity index (χ4n) is 2.29. The highest BCUT2D eigenvalue weighted by Crippen LogP contribution is 2.33. The molecule has 1 N–H and O–H groups in total.